The summed E-state index contributed by atoms with van der Waals surface area (Å²) in [6, 6.07) is 4.36. The maximum absolute atomic E-state index is 13.3. The van der Waals surface area contributed by atoms with Gasteiger partial charge in [0.1, 0.15) is 0 Å². The van der Waals surface area contributed by atoms with Crippen LogP contribution in [0, 0.1) is 17.2 Å². The van der Waals surface area contributed by atoms with Crippen molar-refractivity contribution in [1.82, 2.24) is 4.90 Å². The van der Waals surface area contributed by atoms with Gasteiger partial charge in [0.25, 0.3) is 0 Å². The molecule has 2 saturated heterocycles. The van der Waals surface area contributed by atoms with Gasteiger partial charge in [-0.1, -0.05) is 0 Å². The second-order valence-corrected chi connectivity index (χ2v) is 7.93. The lowest BCUT2D eigenvalue weighted by Crippen LogP contribution is -2.49. The van der Waals surface area contributed by atoms with Crippen LogP contribution in [0.1, 0.15) is 37.3 Å². The summed E-state index contributed by atoms with van der Waals surface area (Å²) in [5.74, 6) is -1.91. The lowest BCUT2D eigenvalue weighted by atomic mass is 9.83. The standard InChI is InChI=1S/C20H22F3N3O3/c1-12-6-7-19(29-12,11-25(2)3)16-9-17(27)26(18(16)28)14-5-4-13(10-24)15(8-14)20(21,22)23/h4-5,8,12,16H,6-7,9,11H2,1-3H3. The number of ether oxygens (including phenoxy) is 1. The van der Waals surface area contributed by atoms with E-state index in [4.69, 9.17) is 10.00 Å². The Labute approximate surface area is 166 Å². The molecule has 29 heavy (non-hydrogen) atoms. The lowest BCUT2D eigenvalue weighted by molar-refractivity contribution is -0.138. The Hall–Kier alpha value is -2.44. The molecule has 156 valence electrons. The molecule has 3 unspecified atom stereocenters. The average molecular weight is 409 g/mol. The van der Waals surface area contributed by atoms with Crippen LogP contribution in [0.15, 0.2) is 18.2 Å². The Balaban J connectivity index is 1.98. The molecule has 0 aliphatic carbocycles. The number of amides is 2. The highest BCUT2D eigenvalue weighted by atomic mass is 19.4. The topological polar surface area (TPSA) is 73.6 Å². The van der Waals surface area contributed by atoms with Crippen LogP contribution in [0.5, 0.6) is 0 Å². The van der Waals surface area contributed by atoms with E-state index >= 15 is 0 Å². The minimum atomic E-state index is -4.78. The van der Waals surface area contributed by atoms with Crippen LogP contribution in [0.2, 0.25) is 0 Å². The van der Waals surface area contributed by atoms with Crippen molar-refractivity contribution in [2.24, 2.45) is 5.92 Å². The maximum Gasteiger partial charge on any atom is 0.417 e. The molecule has 2 amide bonds. The van der Waals surface area contributed by atoms with Crippen molar-refractivity contribution in [3.05, 3.63) is 29.3 Å². The van der Waals surface area contributed by atoms with E-state index in [-0.39, 0.29) is 18.2 Å². The smallest absolute Gasteiger partial charge is 0.370 e. The highest BCUT2D eigenvalue weighted by Crippen LogP contribution is 2.44. The van der Waals surface area contributed by atoms with Gasteiger partial charge in [0.05, 0.1) is 40.5 Å². The fourth-order valence-electron chi connectivity index (χ4n) is 4.30. The van der Waals surface area contributed by atoms with Crippen molar-refractivity contribution >= 4 is 17.5 Å². The number of imide groups is 1. The monoisotopic (exact) mass is 409 g/mol. The van der Waals surface area contributed by atoms with Crippen LogP contribution in [0.4, 0.5) is 18.9 Å². The molecule has 0 bridgehead atoms. The molecular weight excluding hydrogens is 387 g/mol. The Morgan fingerprint density at radius 1 is 1.34 bits per heavy atom. The number of nitriles is 1. The summed E-state index contributed by atoms with van der Waals surface area (Å²) >= 11 is 0. The molecule has 9 heteroatoms. The van der Waals surface area contributed by atoms with Crippen LogP contribution in [-0.4, -0.2) is 49.1 Å². The molecule has 6 nitrogen and oxygen atoms in total. The summed E-state index contributed by atoms with van der Waals surface area (Å²) in [4.78, 5) is 28.5. The molecule has 0 saturated carbocycles. The fraction of sp³-hybridized carbons (Fsp3) is 0.550. The first kappa shape index (κ1) is 21.3. The molecule has 2 aliphatic rings. The van der Waals surface area contributed by atoms with Gasteiger partial charge >= 0.3 is 6.18 Å². The molecule has 1 aromatic rings. The van der Waals surface area contributed by atoms with Gasteiger partial charge in [-0.15, -0.1) is 0 Å². The Bertz CT molecular complexity index is 878. The Morgan fingerprint density at radius 3 is 2.55 bits per heavy atom. The van der Waals surface area contributed by atoms with Crippen LogP contribution in [-0.2, 0) is 20.5 Å². The van der Waals surface area contributed by atoms with E-state index in [9.17, 15) is 22.8 Å². The molecule has 1 aromatic carbocycles. The third kappa shape index (κ3) is 3.87. The summed E-state index contributed by atoms with van der Waals surface area (Å²) in [7, 11) is 3.67. The number of alkyl halides is 3. The third-order valence-corrected chi connectivity index (χ3v) is 5.46. The number of carbonyl (C=O) groups excluding carboxylic acids is 2. The number of likely N-dealkylation sites (N-methyl/N-ethyl adjacent to an activating group) is 1. The van der Waals surface area contributed by atoms with Crippen LogP contribution >= 0.6 is 0 Å². The summed E-state index contributed by atoms with van der Waals surface area (Å²) in [5, 5.41) is 8.95. The minimum absolute atomic E-state index is 0.0707. The third-order valence-electron chi connectivity index (χ3n) is 5.46. The van der Waals surface area contributed by atoms with Gasteiger partial charge in [-0.3, -0.25) is 14.5 Å². The van der Waals surface area contributed by atoms with Gasteiger partial charge in [0.2, 0.25) is 11.8 Å². The molecule has 0 radical (unpaired) electrons. The summed E-state index contributed by atoms with van der Waals surface area (Å²) in [6.07, 6.45) is -3.64. The zero-order valence-electron chi connectivity index (χ0n) is 16.4. The van der Waals surface area contributed by atoms with E-state index in [1.807, 2.05) is 25.9 Å². The fourth-order valence-corrected chi connectivity index (χ4v) is 4.30. The molecule has 0 N–H and O–H groups in total. The van der Waals surface area contributed by atoms with Crippen molar-refractivity contribution in [2.75, 3.05) is 25.5 Å². The first-order valence-corrected chi connectivity index (χ1v) is 9.29. The first-order valence-electron chi connectivity index (χ1n) is 9.29. The summed E-state index contributed by atoms with van der Waals surface area (Å²) in [5.41, 5.74) is -2.77. The van der Waals surface area contributed by atoms with Crippen LogP contribution in [0.3, 0.4) is 0 Å². The van der Waals surface area contributed by atoms with Gasteiger partial charge < -0.3 is 9.64 Å². The summed E-state index contributed by atoms with van der Waals surface area (Å²) in [6.45, 7) is 2.32. The maximum atomic E-state index is 13.3. The van der Waals surface area contributed by atoms with Crippen molar-refractivity contribution in [3.8, 4) is 6.07 Å². The Morgan fingerprint density at radius 2 is 2.03 bits per heavy atom. The predicted octanol–water partition coefficient (Wildman–Crippen LogP) is 2.96. The quantitative estimate of drug-likeness (QED) is 0.715. The molecule has 2 fully saturated rings. The Kier molecular flexibility index (Phi) is 5.45. The van der Waals surface area contributed by atoms with Crippen molar-refractivity contribution < 1.29 is 27.5 Å². The number of carbonyl (C=O) groups is 2. The van der Waals surface area contributed by atoms with Crippen molar-refractivity contribution in [3.63, 3.8) is 0 Å². The van der Waals surface area contributed by atoms with Crippen molar-refractivity contribution in [1.29, 1.82) is 5.26 Å². The van der Waals surface area contributed by atoms with E-state index in [1.54, 1.807) is 0 Å². The normalized spacial score (nSPS) is 27.7. The second kappa shape index (κ2) is 7.43. The van der Waals surface area contributed by atoms with Crippen molar-refractivity contribution in [2.45, 2.75) is 44.1 Å². The van der Waals surface area contributed by atoms with E-state index in [1.165, 1.54) is 12.1 Å². The molecule has 3 rings (SSSR count). The van der Waals surface area contributed by atoms with E-state index < -0.39 is 40.6 Å². The molecule has 2 aliphatic heterocycles. The van der Waals surface area contributed by atoms with Gasteiger partial charge in [-0.05, 0) is 52.1 Å². The number of nitrogens with zero attached hydrogens (tertiary/aromatic N) is 3. The number of anilines is 1. The zero-order chi connectivity index (χ0) is 21.6. The van der Waals surface area contributed by atoms with Crippen LogP contribution in [0.25, 0.3) is 0 Å². The van der Waals surface area contributed by atoms with E-state index in [2.05, 4.69) is 0 Å². The lowest BCUT2D eigenvalue weighted by Gasteiger charge is -2.36. The van der Waals surface area contributed by atoms with Gasteiger partial charge in [0.15, 0.2) is 0 Å². The average Bonchev–Trinajstić information content (AvgIpc) is 3.13. The predicted molar refractivity (Wildman–Crippen MR) is 97.8 cm³/mol. The van der Waals surface area contributed by atoms with Gasteiger partial charge in [-0.2, -0.15) is 18.4 Å². The molecule has 0 spiro atoms. The molecule has 3 atom stereocenters. The molecular formula is C20H22F3N3O3. The number of hydrogen-bond donors (Lipinski definition) is 0. The summed E-state index contributed by atoms with van der Waals surface area (Å²) < 4.78 is 46.0. The first-order chi connectivity index (χ1) is 13.5. The molecule has 2 heterocycles. The number of hydrogen-bond acceptors (Lipinski definition) is 5. The zero-order valence-corrected chi connectivity index (χ0v) is 16.4. The number of rotatable bonds is 4. The molecule has 0 aromatic heterocycles. The van der Waals surface area contributed by atoms with E-state index in [0.717, 1.165) is 17.4 Å². The number of benzene rings is 1. The van der Waals surface area contributed by atoms with Gasteiger partial charge in [0, 0.05) is 13.0 Å². The van der Waals surface area contributed by atoms with Crippen LogP contribution < -0.4 is 4.90 Å². The minimum Gasteiger partial charge on any atom is -0.370 e. The van der Waals surface area contributed by atoms with Gasteiger partial charge in [-0.25, -0.2) is 0 Å². The largest absolute Gasteiger partial charge is 0.417 e. The SMILES string of the molecule is CC1CCC(CN(C)C)(C2CC(=O)N(c3ccc(C#N)c(C(F)(F)F)c3)C2=O)O1. The second-order valence-electron chi connectivity index (χ2n) is 7.93. The number of halogens is 3. The highest BCUT2D eigenvalue weighted by Gasteiger charge is 2.55. The van der Waals surface area contributed by atoms with E-state index in [0.29, 0.717) is 19.0 Å². The highest BCUT2D eigenvalue weighted by molar-refractivity contribution is 6.21.